The molecule has 0 aromatic carbocycles. The number of ether oxygens (including phenoxy) is 1. The average molecular weight is 317 g/mol. The SMILES string of the molecule is CC(C)(C)OC(=O)NC(c1ncccn1)C(O)c1ncccn1. The Morgan fingerprint density at radius 2 is 1.52 bits per heavy atom. The minimum absolute atomic E-state index is 0.154. The first-order valence-corrected chi connectivity index (χ1v) is 7.08. The lowest BCUT2D eigenvalue weighted by Gasteiger charge is -2.25. The smallest absolute Gasteiger partial charge is 0.408 e. The molecule has 0 saturated heterocycles. The molecule has 2 aromatic heterocycles. The van der Waals surface area contributed by atoms with Gasteiger partial charge in [0.05, 0.1) is 0 Å². The summed E-state index contributed by atoms with van der Waals surface area (Å²) in [4.78, 5) is 28.2. The molecular formula is C15H19N5O3. The molecular weight excluding hydrogens is 298 g/mol. The van der Waals surface area contributed by atoms with Crippen LogP contribution in [0.4, 0.5) is 4.79 Å². The summed E-state index contributed by atoms with van der Waals surface area (Å²) in [6.45, 7) is 5.24. The number of carbonyl (C=O) groups is 1. The number of nitrogens with one attached hydrogen (secondary N) is 1. The number of aliphatic hydroxyl groups is 1. The molecule has 0 spiro atoms. The van der Waals surface area contributed by atoms with Crippen LogP contribution in [-0.2, 0) is 4.74 Å². The molecule has 0 saturated carbocycles. The molecule has 0 aliphatic heterocycles. The van der Waals surface area contributed by atoms with Crippen LogP contribution in [0.3, 0.4) is 0 Å². The predicted molar refractivity (Wildman–Crippen MR) is 81.1 cm³/mol. The molecule has 0 fully saturated rings. The lowest BCUT2D eigenvalue weighted by atomic mass is 10.1. The fraction of sp³-hybridized carbons (Fsp3) is 0.400. The molecule has 2 unspecified atom stereocenters. The lowest BCUT2D eigenvalue weighted by Crippen LogP contribution is -2.38. The van der Waals surface area contributed by atoms with Crippen LogP contribution in [0.1, 0.15) is 44.6 Å². The van der Waals surface area contributed by atoms with Gasteiger partial charge < -0.3 is 15.2 Å². The summed E-state index contributed by atoms with van der Waals surface area (Å²) >= 11 is 0. The molecule has 0 bridgehead atoms. The third-order valence-corrected chi connectivity index (χ3v) is 2.70. The molecule has 8 nitrogen and oxygen atoms in total. The highest BCUT2D eigenvalue weighted by Gasteiger charge is 2.30. The van der Waals surface area contributed by atoms with Gasteiger partial charge in [-0.3, -0.25) is 0 Å². The quantitative estimate of drug-likeness (QED) is 0.880. The van der Waals surface area contributed by atoms with E-state index < -0.39 is 23.8 Å². The maximum atomic E-state index is 12.0. The van der Waals surface area contributed by atoms with E-state index in [1.54, 1.807) is 32.9 Å². The molecule has 0 aliphatic carbocycles. The normalized spacial score (nSPS) is 13.9. The fourth-order valence-corrected chi connectivity index (χ4v) is 1.80. The van der Waals surface area contributed by atoms with Gasteiger partial charge in [-0.05, 0) is 32.9 Å². The molecule has 2 rings (SSSR count). The second-order valence-corrected chi connectivity index (χ2v) is 5.78. The highest BCUT2D eigenvalue weighted by Crippen LogP contribution is 2.24. The Morgan fingerprint density at radius 1 is 1.04 bits per heavy atom. The number of rotatable bonds is 4. The Balaban J connectivity index is 2.24. The van der Waals surface area contributed by atoms with Crippen molar-refractivity contribution in [1.29, 1.82) is 0 Å². The van der Waals surface area contributed by atoms with Gasteiger partial charge in [-0.25, -0.2) is 24.7 Å². The van der Waals surface area contributed by atoms with Gasteiger partial charge in [0.1, 0.15) is 17.7 Å². The van der Waals surface area contributed by atoms with Crippen molar-refractivity contribution in [2.24, 2.45) is 0 Å². The molecule has 2 atom stereocenters. The van der Waals surface area contributed by atoms with Crippen molar-refractivity contribution in [1.82, 2.24) is 25.3 Å². The van der Waals surface area contributed by atoms with Crippen LogP contribution in [0.2, 0.25) is 0 Å². The summed E-state index contributed by atoms with van der Waals surface area (Å²) in [5.74, 6) is 0.388. The van der Waals surface area contributed by atoms with Crippen molar-refractivity contribution in [3.63, 3.8) is 0 Å². The number of nitrogens with zero attached hydrogens (tertiary/aromatic N) is 4. The van der Waals surface area contributed by atoms with Crippen molar-refractivity contribution in [3.8, 4) is 0 Å². The summed E-state index contributed by atoms with van der Waals surface area (Å²) in [7, 11) is 0. The molecule has 2 heterocycles. The third kappa shape index (κ3) is 4.96. The van der Waals surface area contributed by atoms with Crippen molar-refractivity contribution in [2.75, 3.05) is 0 Å². The van der Waals surface area contributed by atoms with Gasteiger partial charge in [-0.1, -0.05) is 0 Å². The van der Waals surface area contributed by atoms with Gasteiger partial charge in [0.2, 0.25) is 0 Å². The number of alkyl carbamates (subject to hydrolysis) is 1. The Morgan fingerprint density at radius 3 is 2.00 bits per heavy atom. The molecule has 2 N–H and O–H groups in total. The van der Waals surface area contributed by atoms with E-state index in [9.17, 15) is 9.90 Å². The predicted octanol–water partition coefficient (Wildman–Crippen LogP) is 1.57. The van der Waals surface area contributed by atoms with Gasteiger partial charge in [0, 0.05) is 24.8 Å². The van der Waals surface area contributed by atoms with Crippen molar-refractivity contribution in [2.45, 2.75) is 38.5 Å². The Labute approximate surface area is 134 Å². The molecule has 8 heteroatoms. The first kappa shape index (κ1) is 16.8. The van der Waals surface area contributed by atoms with Gasteiger partial charge >= 0.3 is 6.09 Å². The Hall–Kier alpha value is -2.61. The van der Waals surface area contributed by atoms with E-state index in [-0.39, 0.29) is 11.6 Å². The summed E-state index contributed by atoms with van der Waals surface area (Å²) in [6, 6.07) is 2.33. The number of aromatic nitrogens is 4. The van der Waals surface area contributed by atoms with Crippen LogP contribution in [-0.4, -0.2) is 36.7 Å². The number of hydrogen-bond donors (Lipinski definition) is 2. The second-order valence-electron chi connectivity index (χ2n) is 5.78. The summed E-state index contributed by atoms with van der Waals surface area (Å²) in [6.07, 6.45) is 4.13. The zero-order chi connectivity index (χ0) is 16.9. The minimum Gasteiger partial charge on any atom is -0.444 e. The maximum Gasteiger partial charge on any atom is 0.408 e. The molecule has 1 amide bonds. The molecule has 23 heavy (non-hydrogen) atoms. The standard InChI is InChI=1S/C15H19N5O3/c1-15(2,3)23-14(22)20-10(12-16-6-4-7-17-12)11(21)13-18-8-5-9-19-13/h4-11,21H,1-3H3,(H,20,22). The van der Waals surface area contributed by atoms with Crippen LogP contribution in [0.15, 0.2) is 36.9 Å². The van der Waals surface area contributed by atoms with Crippen molar-refractivity contribution < 1.29 is 14.6 Å². The van der Waals surface area contributed by atoms with E-state index in [0.29, 0.717) is 0 Å². The number of carbonyl (C=O) groups excluding carboxylic acids is 1. The largest absolute Gasteiger partial charge is 0.444 e. The molecule has 122 valence electrons. The van der Waals surface area contributed by atoms with E-state index in [4.69, 9.17) is 4.74 Å². The average Bonchev–Trinajstić information content (AvgIpc) is 2.52. The zero-order valence-corrected chi connectivity index (χ0v) is 13.2. The van der Waals surface area contributed by atoms with Crippen LogP contribution < -0.4 is 5.32 Å². The van der Waals surface area contributed by atoms with E-state index in [0.717, 1.165) is 0 Å². The van der Waals surface area contributed by atoms with E-state index in [1.165, 1.54) is 24.8 Å². The van der Waals surface area contributed by atoms with Crippen molar-refractivity contribution >= 4 is 6.09 Å². The summed E-state index contributed by atoms with van der Waals surface area (Å²) in [5.41, 5.74) is -0.666. The Kier molecular flexibility index (Phi) is 5.17. The molecule has 0 aliphatic rings. The van der Waals surface area contributed by atoms with Crippen LogP contribution in [0, 0.1) is 0 Å². The first-order valence-electron chi connectivity index (χ1n) is 7.08. The van der Waals surface area contributed by atoms with Gasteiger partial charge in [0.15, 0.2) is 11.6 Å². The van der Waals surface area contributed by atoms with Crippen LogP contribution >= 0.6 is 0 Å². The summed E-state index contributed by atoms with van der Waals surface area (Å²) < 4.78 is 5.22. The zero-order valence-electron chi connectivity index (χ0n) is 13.2. The number of aliphatic hydroxyl groups excluding tert-OH is 1. The van der Waals surface area contributed by atoms with Crippen LogP contribution in [0.5, 0.6) is 0 Å². The maximum absolute atomic E-state index is 12.0. The number of amides is 1. The highest BCUT2D eigenvalue weighted by atomic mass is 16.6. The highest BCUT2D eigenvalue weighted by molar-refractivity contribution is 5.68. The Bertz CT molecular complexity index is 631. The van der Waals surface area contributed by atoms with Crippen molar-refractivity contribution in [3.05, 3.63) is 48.6 Å². The lowest BCUT2D eigenvalue weighted by molar-refractivity contribution is 0.0402. The van der Waals surface area contributed by atoms with Gasteiger partial charge in [-0.2, -0.15) is 0 Å². The van der Waals surface area contributed by atoms with E-state index >= 15 is 0 Å². The van der Waals surface area contributed by atoms with E-state index in [2.05, 4.69) is 25.3 Å². The minimum atomic E-state index is -1.22. The molecule has 2 aromatic rings. The molecule has 0 radical (unpaired) electrons. The van der Waals surface area contributed by atoms with Gasteiger partial charge in [0.25, 0.3) is 0 Å². The monoisotopic (exact) mass is 317 g/mol. The third-order valence-electron chi connectivity index (χ3n) is 2.70. The topological polar surface area (TPSA) is 110 Å². The first-order chi connectivity index (χ1) is 10.9. The number of hydrogen-bond acceptors (Lipinski definition) is 7. The van der Waals surface area contributed by atoms with Gasteiger partial charge in [-0.15, -0.1) is 0 Å². The van der Waals surface area contributed by atoms with E-state index in [1.807, 2.05) is 0 Å². The second kappa shape index (κ2) is 7.10. The van der Waals surface area contributed by atoms with Crippen LogP contribution in [0.25, 0.3) is 0 Å². The summed E-state index contributed by atoms with van der Waals surface area (Å²) in [5, 5.41) is 13.1. The fourth-order valence-electron chi connectivity index (χ4n) is 1.80.